The highest BCUT2D eigenvalue weighted by Gasteiger charge is 2.08. The molecule has 2 N–H and O–H groups in total. The average Bonchev–Trinajstić information content (AvgIpc) is 2.55. The van der Waals surface area contributed by atoms with E-state index >= 15 is 0 Å². The third kappa shape index (κ3) is 2.79. The van der Waals surface area contributed by atoms with Crippen molar-refractivity contribution in [2.24, 2.45) is 0 Å². The molecular formula is C15H13N5O. The summed E-state index contributed by atoms with van der Waals surface area (Å²) in [6.45, 7) is 0. The zero-order chi connectivity index (χ0) is 14.7. The molecule has 0 bridgehead atoms. The summed E-state index contributed by atoms with van der Waals surface area (Å²) in [5.41, 5.74) is 1.84. The molecule has 0 unspecified atom stereocenters. The lowest BCUT2D eigenvalue weighted by atomic mass is 10.2. The van der Waals surface area contributed by atoms with Crippen molar-refractivity contribution in [3.8, 4) is 0 Å². The minimum Gasteiger partial charge on any atom is -0.372 e. The molecule has 3 rings (SSSR count). The summed E-state index contributed by atoms with van der Waals surface area (Å²) in [5.74, 6) is 0.316. The van der Waals surface area contributed by atoms with Gasteiger partial charge in [0.2, 0.25) is 0 Å². The van der Waals surface area contributed by atoms with Crippen LogP contribution in [0.5, 0.6) is 0 Å². The van der Waals surface area contributed by atoms with E-state index in [9.17, 15) is 4.79 Å². The number of nitrogens with one attached hydrogen (secondary N) is 2. The second-order valence-corrected chi connectivity index (χ2v) is 4.40. The summed E-state index contributed by atoms with van der Waals surface area (Å²) in [7, 11) is 1.74. The summed E-state index contributed by atoms with van der Waals surface area (Å²) in [6, 6.07) is 9.34. The van der Waals surface area contributed by atoms with Crippen LogP contribution in [0.4, 0.5) is 11.5 Å². The number of anilines is 2. The maximum Gasteiger partial charge on any atom is 0.275 e. The van der Waals surface area contributed by atoms with Gasteiger partial charge in [-0.1, -0.05) is 6.07 Å². The van der Waals surface area contributed by atoms with Crippen molar-refractivity contribution in [1.29, 1.82) is 0 Å². The smallest absolute Gasteiger partial charge is 0.275 e. The monoisotopic (exact) mass is 279 g/mol. The van der Waals surface area contributed by atoms with Crippen LogP contribution in [0.1, 0.15) is 10.5 Å². The van der Waals surface area contributed by atoms with Crippen molar-refractivity contribution in [3.05, 3.63) is 54.6 Å². The normalized spacial score (nSPS) is 10.3. The maximum atomic E-state index is 12.1. The van der Waals surface area contributed by atoms with E-state index < -0.39 is 0 Å². The molecule has 21 heavy (non-hydrogen) atoms. The van der Waals surface area contributed by atoms with E-state index in [4.69, 9.17) is 0 Å². The number of pyridine rings is 1. The van der Waals surface area contributed by atoms with Crippen molar-refractivity contribution < 1.29 is 4.79 Å². The van der Waals surface area contributed by atoms with E-state index in [0.717, 1.165) is 10.9 Å². The molecule has 0 saturated heterocycles. The molecule has 6 nitrogen and oxygen atoms in total. The van der Waals surface area contributed by atoms with Crippen LogP contribution in [-0.2, 0) is 0 Å². The minimum atomic E-state index is -0.298. The van der Waals surface area contributed by atoms with E-state index in [-0.39, 0.29) is 11.6 Å². The third-order valence-corrected chi connectivity index (χ3v) is 3.00. The first kappa shape index (κ1) is 13.0. The second-order valence-electron chi connectivity index (χ2n) is 4.40. The number of nitrogens with zero attached hydrogens (tertiary/aromatic N) is 3. The molecule has 0 aliphatic heterocycles. The molecule has 1 amide bonds. The van der Waals surface area contributed by atoms with Gasteiger partial charge in [0.1, 0.15) is 11.5 Å². The first-order chi connectivity index (χ1) is 10.3. The topological polar surface area (TPSA) is 79.8 Å². The van der Waals surface area contributed by atoms with Crippen LogP contribution in [0.25, 0.3) is 10.9 Å². The summed E-state index contributed by atoms with van der Waals surface area (Å²) < 4.78 is 0. The van der Waals surface area contributed by atoms with Crippen LogP contribution in [0.3, 0.4) is 0 Å². The summed E-state index contributed by atoms with van der Waals surface area (Å²) >= 11 is 0. The van der Waals surface area contributed by atoms with Crippen molar-refractivity contribution in [2.75, 3.05) is 17.7 Å². The van der Waals surface area contributed by atoms with Crippen LogP contribution in [0, 0.1) is 0 Å². The number of amides is 1. The van der Waals surface area contributed by atoms with Gasteiger partial charge in [-0.15, -0.1) is 0 Å². The third-order valence-electron chi connectivity index (χ3n) is 3.00. The van der Waals surface area contributed by atoms with Crippen molar-refractivity contribution in [3.63, 3.8) is 0 Å². The lowest BCUT2D eigenvalue weighted by molar-refractivity contribution is 0.102. The average molecular weight is 279 g/mol. The summed E-state index contributed by atoms with van der Waals surface area (Å²) in [4.78, 5) is 24.5. The van der Waals surface area contributed by atoms with Gasteiger partial charge >= 0.3 is 0 Å². The molecule has 2 aromatic heterocycles. The van der Waals surface area contributed by atoms with E-state index in [1.807, 2.05) is 30.3 Å². The predicted molar refractivity (Wildman–Crippen MR) is 81.3 cm³/mol. The van der Waals surface area contributed by atoms with Gasteiger partial charge in [-0.3, -0.25) is 9.78 Å². The Morgan fingerprint density at radius 3 is 2.76 bits per heavy atom. The number of hydrogen-bond donors (Lipinski definition) is 2. The fraction of sp³-hybridized carbons (Fsp3) is 0.0667. The van der Waals surface area contributed by atoms with Crippen molar-refractivity contribution in [1.82, 2.24) is 15.0 Å². The van der Waals surface area contributed by atoms with E-state index in [1.165, 1.54) is 12.4 Å². The molecule has 2 heterocycles. The maximum absolute atomic E-state index is 12.1. The largest absolute Gasteiger partial charge is 0.372 e. The number of carbonyl (C=O) groups excluding carboxylic acids is 1. The van der Waals surface area contributed by atoms with Gasteiger partial charge in [0.25, 0.3) is 5.91 Å². The van der Waals surface area contributed by atoms with Crippen molar-refractivity contribution >= 4 is 28.3 Å². The lowest BCUT2D eigenvalue weighted by Crippen LogP contribution is -2.14. The molecule has 0 fully saturated rings. The number of fused-ring (bicyclic) bond motifs is 1. The Morgan fingerprint density at radius 2 is 2.00 bits per heavy atom. The molecule has 0 spiro atoms. The quantitative estimate of drug-likeness (QED) is 0.769. The van der Waals surface area contributed by atoms with Gasteiger partial charge in [0.15, 0.2) is 0 Å². The van der Waals surface area contributed by atoms with Crippen LogP contribution in [0.15, 0.2) is 48.9 Å². The molecule has 0 atom stereocenters. The van der Waals surface area contributed by atoms with Crippen LogP contribution >= 0.6 is 0 Å². The molecule has 0 aliphatic rings. The predicted octanol–water partition coefficient (Wildman–Crippen LogP) is 2.32. The Bertz CT molecular complexity index is 785. The standard InChI is InChI=1S/C15H13N5O/c1-16-14-9-18-13(8-19-14)15(21)20-11-4-5-12-10(7-11)3-2-6-17-12/h2-9H,1H3,(H,16,19)(H,20,21). The van der Waals surface area contributed by atoms with Gasteiger partial charge in [-0.25, -0.2) is 9.97 Å². The molecule has 0 aliphatic carbocycles. The Kier molecular flexibility index (Phi) is 3.42. The lowest BCUT2D eigenvalue weighted by Gasteiger charge is -2.06. The number of benzene rings is 1. The van der Waals surface area contributed by atoms with Crippen molar-refractivity contribution in [2.45, 2.75) is 0 Å². The zero-order valence-electron chi connectivity index (χ0n) is 11.4. The summed E-state index contributed by atoms with van der Waals surface area (Å²) in [5, 5.41) is 6.61. The van der Waals surface area contributed by atoms with Crippen LogP contribution in [-0.4, -0.2) is 27.9 Å². The number of rotatable bonds is 3. The molecular weight excluding hydrogens is 266 g/mol. The number of aromatic nitrogens is 3. The van der Waals surface area contributed by atoms with E-state index in [1.54, 1.807) is 13.2 Å². The Labute approximate surface area is 121 Å². The number of carbonyl (C=O) groups is 1. The number of hydrogen-bond acceptors (Lipinski definition) is 5. The SMILES string of the molecule is CNc1cnc(C(=O)Nc2ccc3ncccc3c2)cn1. The highest BCUT2D eigenvalue weighted by atomic mass is 16.1. The highest BCUT2D eigenvalue weighted by molar-refractivity contribution is 6.03. The zero-order valence-corrected chi connectivity index (χ0v) is 11.4. The Hall–Kier alpha value is -3.02. The molecule has 0 radical (unpaired) electrons. The van der Waals surface area contributed by atoms with E-state index in [0.29, 0.717) is 11.5 Å². The van der Waals surface area contributed by atoms with Gasteiger partial charge < -0.3 is 10.6 Å². The fourth-order valence-corrected chi connectivity index (χ4v) is 1.92. The van der Waals surface area contributed by atoms with Gasteiger partial charge in [-0.2, -0.15) is 0 Å². The molecule has 3 aromatic rings. The molecule has 6 heteroatoms. The first-order valence-electron chi connectivity index (χ1n) is 6.42. The van der Waals surface area contributed by atoms with E-state index in [2.05, 4.69) is 25.6 Å². The fourth-order valence-electron chi connectivity index (χ4n) is 1.92. The van der Waals surface area contributed by atoms with Crippen LogP contribution < -0.4 is 10.6 Å². The summed E-state index contributed by atoms with van der Waals surface area (Å²) in [6.07, 6.45) is 4.68. The minimum absolute atomic E-state index is 0.264. The molecule has 1 aromatic carbocycles. The van der Waals surface area contributed by atoms with Gasteiger partial charge in [-0.05, 0) is 24.3 Å². The first-order valence-corrected chi connectivity index (χ1v) is 6.42. The van der Waals surface area contributed by atoms with Crippen LogP contribution in [0.2, 0.25) is 0 Å². The Balaban J connectivity index is 1.81. The Morgan fingerprint density at radius 1 is 1.10 bits per heavy atom. The van der Waals surface area contributed by atoms with Gasteiger partial charge in [0, 0.05) is 24.3 Å². The highest BCUT2D eigenvalue weighted by Crippen LogP contribution is 2.17. The van der Waals surface area contributed by atoms with Gasteiger partial charge in [0.05, 0.1) is 17.9 Å². The second kappa shape index (κ2) is 5.54. The molecule has 0 saturated carbocycles. The molecule has 104 valence electrons.